The number of rotatable bonds is 7. The third kappa shape index (κ3) is 4.40. The highest BCUT2D eigenvalue weighted by molar-refractivity contribution is 6.35. The zero-order valence-electron chi connectivity index (χ0n) is 18.4. The van der Waals surface area contributed by atoms with Gasteiger partial charge in [-0.2, -0.15) is 4.98 Å². The quantitative estimate of drug-likeness (QED) is 0.425. The molecule has 0 fully saturated rings. The fourth-order valence-corrected chi connectivity index (χ4v) is 3.89. The van der Waals surface area contributed by atoms with Gasteiger partial charge in [0.05, 0.1) is 19.2 Å². The van der Waals surface area contributed by atoms with Gasteiger partial charge in [-0.15, -0.1) is 0 Å². The van der Waals surface area contributed by atoms with Crippen LogP contribution in [0.5, 0.6) is 11.5 Å². The lowest BCUT2D eigenvalue weighted by atomic mass is 10.0. The van der Waals surface area contributed by atoms with Crippen LogP contribution in [0, 0.1) is 0 Å². The van der Waals surface area contributed by atoms with Gasteiger partial charge < -0.3 is 20.5 Å². The molecule has 0 bridgehead atoms. The number of hydrogen-bond acceptors (Lipinski definition) is 8. The average molecular weight is 467 g/mol. The zero-order chi connectivity index (χ0) is 23.5. The van der Waals surface area contributed by atoms with Crippen LogP contribution in [0.3, 0.4) is 0 Å². The van der Waals surface area contributed by atoms with Crippen molar-refractivity contribution in [1.29, 1.82) is 0 Å². The number of hydrogen-bond donors (Lipinski definition) is 2. The second-order valence-corrected chi connectivity index (χ2v) is 7.65. The van der Waals surface area contributed by atoms with Crippen molar-refractivity contribution in [3.8, 4) is 22.6 Å². The number of nitrogen functional groups attached to an aromatic ring is 1. The minimum absolute atomic E-state index is 0.248. The Bertz CT molecular complexity index is 1390. The first-order valence-electron chi connectivity index (χ1n) is 10.2. The van der Waals surface area contributed by atoms with Crippen molar-refractivity contribution < 1.29 is 9.47 Å². The zero-order valence-corrected chi connectivity index (χ0v) is 19.2. The van der Waals surface area contributed by atoms with Crippen molar-refractivity contribution in [2.45, 2.75) is 13.0 Å². The van der Waals surface area contributed by atoms with Crippen molar-refractivity contribution >= 4 is 34.4 Å². The van der Waals surface area contributed by atoms with Gasteiger partial charge in [0.2, 0.25) is 5.95 Å². The lowest BCUT2D eigenvalue weighted by molar-refractivity contribution is 0.395. The standard InChI is InChI=1S/C23H23ClN6O3/c1-26-23-28-12-14-9-17(16-10-15(32-2)11-18(33-3)20(16)24)22(31)30(21(14)29-23)7-5-13-4-6-27-19(25)8-13/h4,6,8-12H,5,7H2,1-3H3,(H2,25,27)(H,26,28,29). The summed E-state index contributed by atoms with van der Waals surface area (Å²) in [6.07, 6.45) is 3.87. The Kier molecular flexibility index (Phi) is 6.32. The lowest BCUT2D eigenvalue weighted by Gasteiger charge is -2.15. The van der Waals surface area contributed by atoms with Crippen LogP contribution in [0.15, 0.2) is 47.5 Å². The monoisotopic (exact) mass is 466 g/mol. The predicted molar refractivity (Wildman–Crippen MR) is 129 cm³/mol. The van der Waals surface area contributed by atoms with Crippen LogP contribution in [0.2, 0.25) is 5.02 Å². The number of pyridine rings is 2. The summed E-state index contributed by atoms with van der Waals surface area (Å²) < 4.78 is 12.4. The Labute approximate surface area is 195 Å². The highest BCUT2D eigenvalue weighted by Gasteiger charge is 2.19. The molecule has 3 aromatic heterocycles. The summed E-state index contributed by atoms with van der Waals surface area (Å²) >= 11 is 6.60. The maximum Gasteiger partial charge on any atom is 0.260 e. The maximum atomic E-state index is 13.7. The molecule has 33 heavy (non-hydrogen) atoms. The van der Waals surface area contributed by atoms with Gasteiger partial charge in [-0.05, 0) is 36.2 Å². The Morgan fingerprint density at radius 2 is 1.94 bits per heavy atom. The number of methoxy groups -OCH3 is 2. The number of ether oxygens (including phenoxy) is 2. The van der Waals surface area contributed by atoms with Gasteiger partial charge in [-0.1, -0.05) is 11.6 Å². The van der Waals surface area contributed by atoms with E-state index in [0.29, 0.717) is 63.4 Å². The maximum absolute atomic E-state index is 13.7. The number of benzene rings is 1. The Morgan fingerprint density at radius 3 is 2.64 bits per heavy atom. The van der Waals surface area contributed by atoms with Crippen LogP contribution < -0.4 is 26.1 Å². The number of anilines is 2. The molecule has 0 saturated heterocycles. The van der Waals surface area contributed by atoms with Crippen LogP contribution >= 0.6 is 11.6 Å². The van der Waals surface area contributed by atoms with Crippen molar-refractivity contribution in [1.82, 2.24) is 19.5 Å². The van der Waals surface area contributed by atoms with Crippen LogP contribution in [-0.2, 0) is 13.0 Å². The number of halogens is 1. The van der Waals surface area contributed by atoms with E-state index in [1.54, 1.807) is 55.4 Å². The Hall–Kier alpha value is -3.85. The smallest absolute Gasteiger partial charge is 0.260 e. The number of fused-ring (bicyclic) bond motifs is 1. The van der Waals surface area contributed by atoms with E-state index in [1.807, 2.05) is 6.07 Å². The third-order valence-electron chi connectivity index (χ3n) is 5.28. The van der Waals surface area contributed by atoms with Gasteiger partial charge in [0, 0.05) is 48.6 Å². The SMILES string of the molecule is CNc1ncc2cc(-c3cc(OC)cc(OC)c3Cl)c(=O)n(CCc3ccnc(N)c3)c2n1. The average Bonchev–Trinajstić information content (AvgIpc) is 2.83. The number of aryl methyl sites for hydroxylation is 2. The van der Waals surface area contributed by atoms with Crippen molar-refractivity contribution in [2.24, 2.45) is 0 Å². The van der Waals surface area contributed by atoms with E-state index in [2.05, 4.69) is 20.3 Å². The first-order valence-corrected chi connectivity index (χ1v) is 10.5. The van der Waals surface area contributed by atoms with E-state index in [4.69, 9.17) is 26.8 Å². The molecule has 9 nitrogen and oxygen atoms in total. The van der Waals surface area contributed by atoms with E-state index in [-0.39, 0.29) is 5.56 Å². The Balaban J connectivity index is 1.92. The van der Waals surface area contributed by atoms with Crippen molar-refractivity contribution in [3.63, 3.8) is 0 Å². The fourth-order valence-electron chi connectivity index (χ4n) is 3.61. The largest absolute Gasteiger partial charge is 0.497 e. The summed E-state index contributed by atoms with van der Waals surface area (Å²) in [5.41, 5.74) is 7.92. The van der Waals surface area contributed by atoms with Crippen molar-refractivity contribution in [3.05, 3.63) is 63.7 Å². The van der Waals surface area contributed by atoms with Crippen LogP contribution in [0.4, 0.5) is 11.8 Å². The second kappa shape index (κ2) is 9.33. The molecule has 4 aromatic rings. The summed E-state index contributed by atoms with van der Waals surface area (Å²) in [6.45, 7) is 0.367. The molecule has 170 valence electrons. The van der Waals surface area contributed by atoms with E-state index >= 15 is 0 Å². The molecule has 0 aliphatic heterocycles. The fraction of sp³-hybridized carbons (Fsp3) is 0.217. The highest BCUT2D eigenvalue weighted by Crippen LogP contribution is 2.38. The number of nitrogens with zero attached hydrogens (tertiary/aromatic N) is 4. The van der Waals surface area contributed by atoms with E-state index in [0.717, 1.165) is 5.56 Å². The van der Waals surface area contributed by atoms with Crippen LogP contribution in [0.1, 0.15) is 5.56 Å². The number of nitrogens with one attached hydrogen (secondary N) is 1. The second-order valence-electron chi connectivity index (χ2n) is 7.27. The third-order valence-corrected chi connectivity index (χ3v) is 5.67. The molecule has 1 aromatic carbocycles. The van der Waals surface area contributed by atoms with E-state index < -0.39 is 0 Å². The topological polar surface area (TPSA) is 117 Å². The van der Waals surface area contributed by atoms with Gasteiger partial charge in [-0.25, -0.2) is 9.97 Å². The summed E-state index contributed by atoms with van der Waals surface area (Å²) in [4.78, 5) is 26.6. The molecule has 0 atom stereocenters. The summed E-state index contributed by atoms with van der Waals surface area (Å²) in [6, 6.07) is 8.77. The molecule has 0 radical (unpaired) electrons. The normalized spacial score (nSPS) is 10.9. The van der Waals surface area contributed by atoms with E-state index in [1.165, 1.54) is 7.11 Å². The van der Waals surface area contributed by atoms with Crippen molar-refractivity contribution in [2.75, 3.05) is 32.3 Å². The molecule has 3 heterocycles. The predicted octanol–water partition coefficient (Wildman–Crippen LogP) is 3.39. The van der Waals surface area contributed by atoms with Gasteiger partial charge in [-0.3, -0.25) is 9.36 Å². The minimum atomic E-state index is -0.248. The molecular formula is C23H23ClN6O3. The summed E-state index contributed by atoms with van der Waals surface area (Å²) in [7, 11) is 4.77. The first-order chi connectivity index (χ1) is 15.9. The summed E-state index contributed by atoms with van der Waals surface area (Å²) in [5, 5.41) is 3.92. The van der Waals surface area contributed by atoms with Gasteiger partial charge >= 0.3 is 0 Å². The molecule has 0 aliphatic rings. The molecule has 0 unspecified atom stereocenters. The first kappa shape index (κ1) is 22.3. The van der Waals surface area contributed by atoms with Crippen LogP contribution in [0.25, 0.3) is 22.2 Å². The Morgan fingerprint density at radius 1 is 1.12 bits per heavy atom. The molecule has 3 N–H and O–H groups in total. The van der Waals surface area contributed by atoms with Gasteiger partial charge in [0.15, 0.2) is 0 Å². The molecule has 10 heteroatoms. The molecule has 0 aliphatic carbocycles. The number of nitrogens with two attached hydrogens (primary N) is 1. The minimum Gasteiger partial charge on any atom is -0.497 e. The number of aromatic nitrogens is 4. The molecule has 0 spiro atoms. The highest BCUT2D eigenvalue weighted by atomic mass is 35.5. The molecular weight excluding hydrogens is 444 g/mol. The molecule has 0 saturated carbocycles. The summed E-state index contributed by atoms with van der Waals surface area (Å²) in [5.74, 6) is 1.77. The van der Waals surface area contributed by atoms with Gasteiger partial charge in [0.25, 0.3) is 5.56 Å². The molecule has 0 amide bonds. The lowest BCUT2D eigenvalue weighted by Crippen LogP contribution is -2.24. The van der Waals surface area contributed by atoms with Gasteiger partial charge in [0.1, 0.15) is 23.0 Å². The molecule has 4 rings (SSSR count). The van der Waals surface area contributed by atoms with E-state index in [9.17, 15) is 4.79 Å². The van der Waals surface area contributed by atoms with Crippen LogP contribution in [-0.4, -0.2) is 40.8 Å².